The molecule has 1 aromatic heterocycles. The van der Waals surface area contributed by atoms with Crippen LogP contribution in [0.1, 0.15) is 5.56 Å². The monoisotopic (exact) mass is 264 g/mol. The lowest BCUT2D eigenvalue weighted by molar-refractivity contribution is 0.995. The molecule has 0 unspecified atom stereocenters. The van der Waals surface area contributed by atoms with Crippen molar-refractivity contribution in [2.45, 2.75) is 6.92 Å². The van der Waals surface area contributed by atoms with Gasteiger partial charge in [0, 0.05) is 16.1 Å². The van der Waals surface area contributed by atoms with Gasteiger partial charge in [0.05, 0.1) is 5.69 Å². The molecule has 76 valence electrons. The normalized spacial score (nSPS) is 10.3. The number of hydrogen-bond acceptors (Lipinski definition) is 2. The van der Waals surface area contributed by atoms with Crippen LogP contribution >= 0.6 is 15.9 Å². The van der Waals surface area contributed by atoms with Crippen molar-refractivity contribution >= 4 is 15.9 Å². The highest BCUT2D eigenvalue weighted by molar-refractivity contribution is 9.10. The Hall–Kier alpha value is -1.42. The number of nitrogens with zero attached hydrogens (tertiary/aromatic N) is 1. The Morgan fingerprint density at radius 2 is 2.07 bits per heavy atom. The molecule has 1 aromatic carbocycles. The summed E-state index contributed by atoms with van der Waals surface area (Å²) in [5, 5.41) is 6.37. The zero-order valence-electron chi connectivity index (χ0n) is 8.12. The van der Waals surface area contributed by atoms with E-state index in [9.17, 15) is 4.79 Å². The van der Waals surface area contributed by atoms with E-state index >= 15 is 0 Å². The van der Waals surface area contributed by atoms with Crippen LogP contribution in [-0.4, -0.2) is 10.2 Å². The molecule has 0 spiro atoms. The molecule has 0 radical (unpaired) electrons. The highest BCUT2D eigenvalue weighted by Gasteiger charge is 2.01. The smallest absolute Gasteiger partial charge is 0.264 e. The third kappa shape index (κ3) is 2.15. The van der Waals surface area contributed by atoms with Gasteiger partial charge in [0.2, 0.25) is 0 Å². The summed E-state index contributed by atoms with van der Waals surface area (Å²) in [4.78, 5) is 10.8. The fraction of sp³-hybridized carbons (Fsp3) is 0.0909. The number of H-pyrrole nitrogens is 1. The average Bonchev–Trinajstić information content (AvgIpc) is 2.23. The zero-order chi connectivity index (χ0) is 10.8. The Morgan fingerprint density at radius 1 is 1.27 bits per heavy atom. The first kappa shape index (κ1) is 10.1. The fourth-order valence-corrected chi connectivity index (χ4v) is 1.64. The van der Waals surface area contributed by atoms with Crippen molar-refractivity contribution in [1.29, 1.82) is 0 Å². The van der Waals surface area contributed by atoms with Gasteiger partial charge < -0.3 is 0 Å². The Labute approximate surface area is 95.3 Å². The summed E-state index contributed by atoms with van der Waals surface area (Å²) in [6.07, 6.45) is 0. The standard InChI is InChI=1S/C11H9BrN2O/c1-7-2-3-8(6-9(7)12)10-4-5-11(15)14-13-10/h2-6H,1H3,(H,14,15). The lowest BCUT2D eigenvalue weighted by Gasteiger charge is -2.02. The molecule has 0 aliphatic heterocycles. The topological polar surface area (TPSA) is 45.8 Å². The molecule has 1 N–H and O–H groups in total. The number of aromatic nitrogens is 2. The van der Waals surface area contributed by atoms with E-state index in [-0.39, 0.29) is 5.56 Å². The van der Waals surface area contributed by atoms with Crippen LogP contribution in [0.15, 0.2) is 39.6 Å². The molecule has 15 heavy (non-hydrogen) atoms. The maximum atomic E-state index is 10.8. The second-order valence-electron chi connectivity index (χ2n) is 3.27. The third-order valence-electron chi connectivity index (χ3n) is 2.15. The molecular formula is C11H9BrN2O. The average molecular weight is 265 g/mol. The predicted octanol–water partition coefficient (Wildman–Crippen LogP) is 2.51. The van der Waals surface area contributed by atoms with Crippen molar-refractivity contribution < 1.29 is 0 Å². The van der Waals surface area contributed by atoms with Gasteiger partial charge in [-0.1, -0.05) is 28.1 Å². The van der Waals surface area contributed by atoms with Crippen molar-refractivity contribution in [2.24, 2.45) is 0 Å². The first-order valence-corrected chi connectivity index (χ1v) is 5.28. The van der Waals surface area contributed by atoms with E-state index < -0.39 is 0 Å². The highest BCUT2D eigenvalue weighted by atomic mass is 79.9. The van der Waals surface area contributed by atoms with Gasteiger partial charge in [0.25, 0.3) is 5.56 Å². The predicted molar refractivity (Wildman–Crippen MR) is 62.7 cm³/mol. The lowest BCUT2D eigenvalue weighted by atomic mass is 10.1. The summed E-state index contributed by atoms with van der Waals surface area (Å²) in [5.41, 5.74) is 2.71. The van der Waals surface area contributed by atoms with Gasteiger partial charge in [0.15, 0.2) is 0 Å². The minimum Gasteiger partial charge on any atom is -0.268 e. The van der Waals surface area contributed by atoms with Crippen molar-refractivity contribution in [3.63, 3.8) is 0 Å². The minimum atomic E-state index is -0.190. The van der Waals surface area contributed by atoms with E-state index in [1.165, 1.54) is 11.6 Å². The number of rotatable bonds is 1. The van der Waals surface area contributed by atoms with Crippen LogP contribution in [-0.2, 0) is 0 Å². The first-order valence-electron chi connectivity index (χ1n) is 4.49. The minimum absolute atomic E-state index is 0.190. The molecule has 0 atom stereocenters. The van der Waals surface area contributed by atoms with Crippen LogP contribution in [0.5, 0.6) is 0 Å². The van der Waals surface area contributed by atoms with Crippen molar-refractivity contribution in [3.8, 4) is 11.3 Å². The quantitative estimate of drug-likeness (QED) is 0.861. The van der Waals surface area contributed by atoms with Crippen molar-refractivity contribution in [3.05, 3.63) is 50.7 Å². The molecule has 1 heterocycles. The maximum Gasteiger partial charge on any atom is 0.264 e. The lowest BCUT2D eigenvalue weighted by Crippen LogP contribution is -2.05. The summed E-state index contributed by atoms with van der Waals surface area (Å²) in [6, 6.07) is 9.13. The second kappa shape index (κ2) is 3.98. The number of aromatic amines is 1. The molecule has 0 bridgehead atoms. The molecule has 4 heteroatoms. The van der Waals surface area contributed by atoms with Gasteiger partial charge >= 0.3 is 0 Å². The van der Waals surface area contributed by atoms with Crippen LogP contribution < -0.4 is 5.56 Å². The van der Waals surface area contributed by atoms with Crippen LogP contribution in [0.4, 0.5) is 0 Å². The molecule has 0 fully saturated rings. The van der Waals surface area contributed by atoms with Gasteiger partial charge in [-0.2, -0.15) is 5.10 Å². The molecule has 3 nitrogen and oxygen atoms in total. The summed E-state index contributed by atoms with van der Waals surface area (Å²) in [7, 11) is 0. The van der Waals surface area contributed by atoms with Crippen molar-refractivity contribution in [2.75, 3.05) is 0 Å². The van der Waals surface area contributed by atoms with E-state index in [4.69, 9.17) is 0 Å². The Bertz CT molecular complexity index is 528. The molecule has 0 saturated heterocycles. The summed E-state index contributed by atoms with van der Waals surface area (Å²) in [5.74, 6) is 0. The van der Waals surface area contributed by atoms with E-state index in [1.807, 2.05) is 25.1 Å². The Balaban J connectivity index is 2.50. The Morgan fingerprint density at radius 3 is 2.67 bits per heavy atom. The molecule has 2 aromatic rings. The molecular weight excluding hydrogens is 256 g/mol. The number of benzene rings is 1. The third-order valence-corrected chi connectivity index (χ3v) is 3.00. The fourth-order valence-electron chi connectivity index (χ4n) is 1.26. The van der Waals surface area contributed by atoms with Crippen molar-refractivity contribution in [1.82, 2.24) is 10.2 Å². The Kier molecular flexibility index (Phi) is 2.68. The largest absolute Gasteiger partial charge is 0.268 e. The van der Waals surface area contributed by atoms with Crippen LogP contribution in [0.3, 0.4) is 0 Å². The van der Waals surface area contributed by atoms with E-state index in [0.717, 1.165) is 15.7 Å². The van der Waals surface area contributed by atoms with Gasteiger partial charge in [-0.15, -0.1) is 0 Å². The number of aryl methyl sites for hydroxylation is 1. The van der Waals surface area contributed by atoms with E-state index in [0.29, 0.717) is 0 Å². The van der Waals surface area contributed by atoms with E-state index in [1.54, 1.807) is 6.07 Å². The maximum absolute atomic E-state index is 10.8. The summed E-state index contributed by atoms with van der Waals surface area (Å²) >= 11 is 3.46. The molecule has 0 aliphatic carbocycles. The molecule has 0 amide bonds. The van der Waals surface area contributed by atoms with E-state index in [2.05, 4.69) is 26.1 Å². The van der Waals surface area contributed by atoms with Crippen LogP contribution in [0.2, 0.25) is 0 Å². The highest BCUT2D eigenvalue weighted by Crippen LogP contribution is 2.23. The van der Waals surface area contributed by atoms with Crippen LogP contribution in [0, 0.1) is 6.92 Å². The number of hydrogen-bond donors (Lipinski definition) is 1. The molecule has 0 saturated carbocycles. The van der Waals surface area contributed by atoms with Gasteiger partial charge in [0.1, 0.15) is 0 Å². The summed E-state index contributed by atoms with van der Waals surface area (Å²) in [6.45, 7) is 2.02. The SMILES string of the molecule is Cc1ccc(-c2ccc(=O)[nH]n2)cc1Br. The molecule has 2 rings (SSSR count). The molecule has 0 aliphatic rings. The second-order valence-corrected chi connectivity index (χ2v) is 4.12. The number of nitrogens with one attached hydrogen (secondary N) is 1. The van der Waals surface area contributed by atoms with Crippen LogP contribution in [0.25, 0.3) is 11.3 Å². The summed E-state index contributed by atoms with van der Waals surface area (Å²) < 4.78 is 1.04. The van der Waals surface area contributed by atoms with Gasteiger partial charge in [-0.25, -0.2) is 5.10 Å². The van der Waals surface area contributed by atoms with Gasteiger partial charge in [-0.05, 0) is 24.6 Å². The van der Waals surface area contributed by atoms with Gasteiger partial charge in [-0.3, -0.25) is 4.79 Å². The zero-order valence-corrected chi connectivity index (χ0v) is 9.71. The number of halogens is 1. The first-order chi connectivity index (χ1) is 7.16.